The first kappa shape index (κ1) is 38.6. The first-order valence-corrected chi connectivity index (χ1v) is 21.0. The summed E-state index contributed by atoms with van der Waals surface area (Å²) in [5.74, 6) is 15.4. The highest BCUT2D eigenvalue weighted by atomic mass is 79.9. The maximum absolute atomic E-state index is 6.37. The third kappa shape index (κ3) is 15.5. The number of rotatable bonds is 16. The van der Waals surface area contributed by atoms with E-state index in [0.29, 0.717) is 50.1 Å². The van der Waals surface area contributed by atoms with Crippen molar-refractivity contribution in [3.63, 3.8) is 0 Å². The van der Waals surface area contributed by atoms with Crippen LogP contribution in [0.1, 0.15) is 97.8 Å². The van der Waals surface area contributed by atoms with Crippen LogP contribution in [0.2, 0.25) is 19.6 Å². The lowest BCUT2D eigenvalue weighted by molar-refractivity contribution is 0.280. The Hall–Kier alpha value is -2.54. The van der Waals surface area contributed by atoms with Crippen molar-refractivity contribution in [2.75, 3.05) is 26.4 Å². The van der Waals surface area contributed by atoms with Crippen LogP contribution in [-0.4, -0.2) is 34.5 Å². The largest absolute Gasteiger partial charge is 0.492 e. The maximum atomic E-state index is 6.37. The lowest BCUT2D eigenvalue weighted by Crippen LogP contribution is -2.16. The van der Waals surface area contributed by atoms with Crippen molar-refractivity contribution in [3.8, 4) is 46.3 Å². The van der Waals surface area contributed by atoms with Crippen LogP contribution in [0.25, 0.3) is 0 Å². The normalized spacial score (nSPS) is 11.4. The zero-order chi connectivity index (χ0) is 33.6. The molecule has 248 valence electrons. The van der Waals surface area contributed by atoms with Gasteiger partial charge in [-0.1, -0.05) is 92.8 Å². The number of halogens is 1. The van der Waals surface area contributed by atoms with Crippen LogP contribution in [0.15, 0.2) is 28.7 Å². The van der Waals surface area contributed by atoms with Gasteiger partial charge in [0.2, 0.25) is 0 Å². The molecule has 2 aromatic carbocycles. The van der Waals surface area contributed by atoms with E-state index in [1.165, 1.54) is 0 Å². The first-order chi connectivity index (χ1) is 21.1. The van der Waals surface area contributed by atoms with E-state index in [0.717, 1.165) is 69.8 Å². The highest BCUT2D eigenvalue weighted by molar-refractivity contribution is 9.10. The van der Waals surface area contributed by atoms with E-state index in [9.17, 15) is 0 Å². The molecule has 0 atom stereocenters. The van der Waals surface area contributed by atoms with Crippen LogP contribution in [0.5, 0.6) is 23.0 Å². The summed E-state index contributed by atoms with van der Waals surface area (Å²) in [5, 5.41) is 0. The van der Waals surface area contributed by atoms with Gasteiger partial charge in [0, 0.05) is 18.2 Å². The number of ether oxygens (including phenoxy) is 4. The average Bonchev–Trinajstić information content (AvgIpc) is 2.92. The van der Waals surface area contributed by atoms with Gasteiger partial charge in [-0.3, -0.25) is 0 Å². The summed E-state index contributed by atoms with van der Waals surface area (Å²) in [4.78, 5) is 0. The van der Waals surface area contributed by atoms with Crippen molar-refractivity contribution in [3.05, 3.63) is 45.4 Å². The van der Waals surface area contributed by atoms with Crippen molar-refractivity contribution in [2.24, 2.45) is 23.7 Å². The van der Waals surface area contributed by atoms with E-state index in [1.54, 1.807) is 0 Å². The molecule has 45 heavy (non-hydrogen) atoms. The molecule has 0 radical (unpaired) electrons. The van der Waals surface area contributed by atoms with Gasteiger partial charge in [0.1, 0.15) is 31.1 Å². The summed E-state index contributed by atoms with van der Waals surface area (Å²) in [6.07, 6.45) is 3.85. The highest BCUT2D eigenvalue weighted by Gasteiger charge is 2.15. The second kappa shape index (κ2) is 19.2. The van der Waals surface area contributed by atoms with E-state index in [2.05, 4.69) is 114 Å². The average molecular weight is 698 g/mol. The molecule has 0 unspecified atom stereocenters. The Morgan fingerprint density at radius 1 is 0.511 bits per heavy atom. The van der Waals surface area contributed by atoms with Crippen LogP contribution in [0.3, 0.4) is 0 Å². The summed E-state index contributed by atoms with van der Waals surface area (Å²) in [5.41, 5.74) is 5.91. The molecule has 0 aliphatic heterocycles. The molecule has 0 aliphatic carbocycles. The van der Waals surface area contributed by atoms with E-state index in [4.69, 9.17) is 18.9 Å². The van der Waals surface area contributed by atoms with Crippen LogP contribution < -0.4 is 18.9 Å². The topological polar surface area (TPSA) is 36.9 Å². The Bertz CT molecular complexity index is 1330. The van der Waals surface area contributed by atoms with Crippen LogP contribution in [0.4, 0.5) is 0 Å². The van der Waals surface area contributed by atoms with Gasteiger partial charge in [-0.25, -0.2) is 0 Å². The summed E-state index contributed by atoms with van der Waals surface area (Å²) in [6.45, 7) is 26.9. The highest BCUT2D eigenvalue weighted by Crippen LogP contribution is 2.34. The Morgan fingerprint density at radius 2 is 0.822 bits per heavy atom. The van der Waals surface area contributed by atoms with Crippen molar-refractivity contribution in [2.45, 2.75) is 101 Å². The van der Waals surface area contributed by atoms with Gasteiger partial charge in [-0.15, -0.1) is 5.54 Å². The van der Waals surface area contributed by atoms with Gasteiger partial charge in [0.05, 0.1) is 47.6 Å². The SMILES string of the molecule is CC(C)CCOc1cc(C#Cc2cc(OCCC(C)C)c(C#C[Si](C)(C)C)cc2OCCC(C)C)c(OCCC(C)C)cc1Br. The predicted octanol–water partition coefficient (Wildman–Crippen LogP) is 10.8. The second-order valence-corrected chi connectivity index (χ2v) is 20.1. The van der Waals surface area contributed by atoms with Gasteiger partial charge in [0.15, 0.2) is 0 Å². The van der Waals surface area contributed by atoms with E-state index < -0.39 is 8.07 Å². The molecule has 2 aromatic rings. The molecule has 4 nitrogen and oxygen atoms in total. The second-order valence-electron chi connectivity index (χ2n) is 14.5. The van der Waals surface area contributed by atoms with Crippen molar-refractivity contribution >= 4 is 24.0 Å². The summed E-state index contributed by atoms with van der Waals surface area (Å²) in [6, 6.07) is 7.98. The Balaban J connectivity index is 2.65. The lowest BCUT2D eigenvalue weighted by atomic mass is 10.1. The van der Waals surface area contributed by atoms with E-state index in [1.807, 2.05) is 24.3 Å². The molecule has 0 spiro atoms. The number of benzene rings is 2. The molecule has 0 saturated heterocycles. The third-order valence-corrected chi connectivity index (χ3v) is 8.33. The fraction of sp³-hybridized carbons (Fsp3) is 0.590. The minimum atomic E-state index is -1.61. The van der Waals surface area contributed by atoms with Gasteiger partial charge < -0.3 is 18.9 Å². The Kier molecular flexibility index (Phi) is 16.5. The minimum absolute atomic E-state index is 0.534. The smallest absolute Gasteiger partial charge is 0.136 e. The van der Waals surface area contributed by atoms with Gasteiger partial charge in [-0.2, -0.15) is 0 Å². The van der Waals surface area contributed by atoms with Crippen molar-refractivity contribution < 1.29 is 18.9 Å². The van der Waals surface area contributed by atoms with Crippen LogP contribution in [0, 0.1) is 47.0 Å². The molecule has 0 aromatic heterocycles. The Morgan fingerprint density at radius 3 is 1.18 bits per heavy atom. The molecular weight excluding hydrogens is 640 g/mol. The van der Waals surface area contributed by atoms with Gasteiger partial charge in [-0.05, 0) is 71.4 Å². The summed E-state index contributed by atoms with van der Waals surface area (Å²) in [7, 11) is -1.61. The zero-order valence-corrected chi connectivity index (χ0v) is 32.4. The quantitative estimate of drug-likeness (QED) is 0.129. The lowest BCUT2D eigenvalue weighted by Gasteiger charge is -2.16. The molecule has 0 aliphatic rings. The van der Waals surface area contributed by atoms with E-state index >= 15 is 0 Å². The molecule has 0 fully saturated rings. The molecule has 0 bridgehead atoms. The fourth-order valence-electron chi connectivity index (χ4n) is 3.86. The molecule has 2 rings (SSSR count). The minimum Gasteiger partial charge on any atom is -0.492 e. The standard InChI is InChI=1S/C39H57BrO4Si/c1-28(2)14-19-41-36-25-34(18-23-45(9,10)11)37(42-20-15-29(3)4)24-32(36)12-13-33-26-39(44-22-17-31(7)8)35(40)27-38(33)43-21-16-30(5)6/h24-31H,14-17,19-22H2,1-11H3. The van der Waals surface area contributed by atoms with Gasteiger partial charge >= 0.3 is 0 Å². The number of hydrogen-bond donors (Lipinski definition) is 0. The zero-order valence-electron chi connectivity index (χ0n) is 29.8. The van der Waals surface area contributed by atoms with Crippen LogP contribution >= 0.6 is 15.9 Å². The molecule has 6 heteroatoms. The van der Waals surface area contributed by atoms with Crippen LogP contribution in [-0.2, 0) is 0 Å². The first-order valence-electron chi connectivity index (χ1n) is 16.7. The molecule has 0 heterocycles. The van der Waals surface area contributed by atoms with Gasteiger partial charge in [0.25, 0.3) is 0 Å². The third-order valence-electron chi connectivity index (χ3n) is 6.83. The maximum Gasteiger partial charge on any atom is 0.136 e. The number of hydrogen-bond acceptors (Lipinski definition) is 4. The molecular formula is C39H57BrO4Si. The van der Waals surface area contributed by atoms with E-state index in [-0.39, 0.29) is 0 Å². The van der Waals surface area contributed by atoms with Crippen molar-refractivity contribution in [1.82, 2.24) is 0 Å². The Labute approximate surface area is 284 Å². The molecule has 0 N–H and O–H groups in total. The summed E-state index contributed by atoms with van der Waals surface area (Å²) >= 11 is 3.70. The molecule has 0 amide bonds. The summed E-state index contributed by atoms with van der Waals surface area (Å²) < 4.78 is 26.0. The fourth-order valence-corrected chi connectivity index (χ4v) is 4.81. The molecule has 0 saturated carbocycles. The predicted molar refractivity (Wildman–Crippen MR) is 197 cm³/mol. The van der Waals surface area contributed by atoms with Crippen molar-refractivity contribution in [1.29, 1.82) is 0 Å². The monoisotopic (exact) mass is 696 g/mol.